The minimum Gasteiger partial charge on any atom is -0.477 e. The zero-order chi connectivity index (χ0) is 13.1. The predicted octanol–water partition coefficient (Wildman–Crippen LogP) is 1.89. The maximum absolute atomic E-state index is 12.1. The molecule has 5 nitrogen and oxygen atoms in total. The number of carbonyl (C=O) groups excluding carboxylic acids is 1. The molecule has 0 radical (unpaired) electrons. The van der Waals surface area contributed by atoms with Crippen molar-refractivity contribution in [3.63, 3.8) is 0 Å². The van der Waals surface area contributed by atoms with E-state index < -0.39 is 6.10 Å². The summed E-state index contributed by atoms with van der Waals surface area (Å²) in [6.07, 6.45) is 1.07. The summed E-state index contributed by atoms with van der Waals surface area (Å²) in [5.74, 6) is 1.01. The maximum atomic E-state index is 12.1. The van der Waals surface area contributed by atoms with Gasteiger partial charge in [0, 0.05) is 6.20 Å². The van der Waals surface area contributed by atoms with E-state index in [1.165, 1.54) is 0 Å². The Bertz CT molecular complexity index is 586. The summed E-state index contributed by atoms with van der Waals surface area (Å²) in [6, 6.07) is 12.9. The van der Waals surface area contributed by atoms with Crippen molar-refractivity contribution in [2.45, 2.75) is 6.10 Å². The molecule has 1 unspecified atom stereocenters. The van der Waals surface area contributed by atoms with Gasteiger partial charge >= 0.3 is 0 Å². The molecule has 1 aliphatic heterocycles. The predicted molar refractivity (Wildman–Crippen MR) is 72.2 cm³/mol. The molecule has 0 bridgehead atoms. The highest BCUT2D eigenvalue weighted by atomic mass is 16.5. The van der Waals surface area contributed by atoms with Crippen LogP contribution in [0.25, 0.3) is 0 Å². The van der Waals surface area contributed by atoms with Gasteiger partial charge in [-0.3, -0.25) is 4.79 Å². The Morgan fingerprint density at radius 1 is 1.26 bits per heavy atom. The summed E-state index contributed by atoms with van der Waals surface area (Å²) >= 11 is 0. The van der Waals surface area contributed by atoms with Gasteiger partial charge in [0.2, 0.25) is 0 Å². The molecule has 1 atom stereocenters. The number of para-hydroxylation sites is 2. The largest absolute Gasteiger partial charge is 0.477 e. The van der Waals surface area contributed by atoms with Crippen LogP contribution in [0.5, 0.6) is 5.75 Å². The van der Waals surface area contributed by atoms with E-state index in [1.807, 2.05) is 30.3 Å². The van der Waals surface area contributed by atoms with Crippen LogP contribution in [0.15, 0.2) is 48.7 Å². The second-order valence-electron chi connectivity index (χ2n) is 4.19. The van der Waals surface area contributed by atoms with Crippen molar-refractivity contribution < 1.29 is 9.53 Å². The lowest BCUT2D eigenvalue weighted by Gasteiger charge is -2.26. The van der Waals surface area contributed by atoms with Gasteiger partial charge in [-0.05, 0) is 24.3 Å². The van der Waals surface area contributed by atoms with Crippen molar-refractivity contribution in [1.29, 1.82) is 0 Å². The first kappa shape index (κ1) is 11.5. The summed E-state index contributed by atoms with van der Waals surface area (Å²) in [5.41, 5.74) is 0.907. The number of pyridine rings is 1. The molecular formula is C14H13N3O2. The Balaban J connectivity index is 1.70. The van der Waals surface area contributed by atoms with Crippen molar-refractivity contribution in [3.8, 4) is 5.75 Å². The van der Waals surface area contributed by atoms with E-state index in [0.29, 0.717) is 18.1 Å². The number of rotatable bonds is 2. The van der Waals surface area contributed by atoms with Crippen LogP contribution in [0.2, 0.25) is 0 Å². The Hall–Kier alpha value is -2.56. The Morgan fingerprint density at radius 3 is 2.95 bits per heavy atom. The fourth-order valence-electron chi connectivity index (χ4n) is 1.90. The van der Waals surface area contributed by atoms with Gasteiger partial charge in [0.25, 0.3) is 5.91 Å². The number of carbonyl (C=O) groups is 1. The molecule has 0 aliphatic carbocycles. The average molecular weight is 255 g/mol. The number of fused-ring (bicyclic) bond motifs is 1. The smallest absolute Gasteiger partial charge is 0.268 e. The Kier molecular flexibility index (Phi) is 3.02. The molecule has 1 amide bonds. The van der Waals surface area contributed by atoms with Crippen LogP contribution >= 0.6 is 0 Å². The molecule has 2 heterocycles. The fraction of sp³-hybridized carbons (Fsp3) is 0.143. The van der Waals surface area contributed by atoms with Crippen LogP contribution in [0.4, 0.5) is 11.5 Å². The molecule has 2 aromatic rings. The Labute approximate surface area is 110 Å². The highest BCUT2D eigenvalue weighted by Gasteiger charge is 2.25. The first-order chi connectivity index (χ1) is 9.33. The number of hydrogen-bond donors (Lipinski definition) is 2. The third-order valence-corrected chi connectivity index (χ3v) is 2.84. The number of aromatic nitrogens is 1. The van der Waals surface area contributed by atoms with Gasteiger partial charge < -0.3 is 15.4 Å². The first-order valence-electron chi connectivity index (χ1n) is 6.04. The molecule has 3 rings (SSSR count). The van der Waals surface area contributed by atoms with Gasteiger partial charge in [0.05, 0.1) is 12.2 Å². The van der Waals surface area contributed by atoms with Crippen molar-refractivity contribution in [3.05, 3.63) is 48.7 Å². The second kappa shape index (κ2) is 4.97. The van der Waals surface area contributed by atoms with E-state index in [4.69, 9.17) is 4.74 Å². The number of nitrogens with one attached hydrogen (secondary N) is 2. The minimum atomic E-state index is -0.558. The molecule has 96 valence electrons. The molecule has 1 aliphatic rings. The molecule has 0 saturated carbocycles. The van der Waals surface area contributed by atoms with E-state index in [2.05, 4.69) is 15.6 Å². The van der Waals surface area contributed by atoms with Gasteiger partial charge in [-0.2, -0.15) is 0 Å². The van der Waals surface area contributed by atoms with Crippen molar-refractivity contribution in [1.82, 2.24) is 4.98 Å². The highest BCUT2D eigenvalue weighted by molar-refractivity contribution is 5.94. The third kappa shape index (κ3) is 2.49. The van der Waals surface area contributed by atoms with E-state index in [9.17, 15) is 4.79 Å². The molecule has 0 spiro atoms. The molecular weight excluding hydrogens is 242 g/mol. The van der Waals surface area contributed by atoms with Crippen molar-refractivity contribution >= 4 is 17.4 Å². The van der Waals surface area contributed by atoms with Gasteiger partial charge in [-0.1, -0.05) is 18.2 Å². The fourth-order valence-corrected chi connectivity index (χ4v) is 1.90. The third-order valence-electron chi connectivity index (χ3n) is 2.84. The van der Waals surface area contributed by atoms with Gasteiger partial charge in [0.15, 0.2) is 6.10 Å². The number of hydrogen-bond acceptors (Lipinski definition) is 4. The summed E-state index contributed by atoms with van der Waals surface area (Å²) in [4.78, 5) is 16.1. The van der Waals surface area contributed by atoms with Crippen LogP contribution in [0.3, 0.4) is 0 Å². The number of amides is 1. The zero-order valence-corrected chi connectivity index (χ0v) is 10.2. The molecule has 2 N–H and O–H groups in total. The van der Waals surface area contributed by atoms with Gasteiger partial charge in [-0.25, -0.2) is 4.98 Å². The Morgan fingerprint density at radius 2 is 2.11 bits per heavy atom. The van der Waals surface area contributed by atoms with Gasteiger partial charge in [0.1, 0.15) is 11.6 Å². The SMILES string of the molecule is O=C(Nc1ccccn1)C1CNc2ccccc2O1. The van der Waals surface area contributed by atoms with Gasteiger partial charge in [-0.15, -0.1) is 0 Å². The van der Waals surface area contributed by atoms with Crippen LogP contribution in [-0.2, 0) is 4.79 Å². The van der Waals surface area contributed by atoms with Crippen LogP contribution < -0.4 is 15.4 Å². The first-order valence-corrected chi connectivity index (χ1v) is 6.04. The molecule has 19 heavy (non-hydrogen) atoms. The minimum absolute atomic E-state index is 0.208. The van der Waals surface area contributed by atoms with Crippen molar-refractivity contribution in [2.75, 3.05) is 17.2 Å². The van der Waals surface area contributed by atoms with Crippen LogP contribution in [0.1, 0.15) is 0 Å². The summed E-state index contributed by atoms with van der Waals surface area (Å²) in [6.45, 7) is 0.440. The lowest BCUT2D eigenvalue weighted by molar-refractivity contribution is -0.122. The molecule has 5 heteroatoms. The summed E-state index contributed by atoms with van der Waals surface area (Å²) < 4.78 is 5.66. The van der Waals surface area contributed by atoms with E-state index in [-0.39, 0.29) is 5.91 Å². The van der Waals surface area contributed by atoms with Crippen LogP contribution in [-0.4, -0.2) is 23.5 Å². The van der Waals surface area contributed by atoms with Crippen molar-refractivity contribution in [2.24, 2.45) is 0 Å². The normalized spacial score (nSPS) is 16.7. The van der Waals surface area contributed by atoms with E-state index in [0.717, 1.165) is 5.69 Å². The zero-order valence-electron chi connectivity index (χ0n) is 10.2. The summed E-state index contributed by atoms with van der Waals surface area (Å²) in [5, 5.41) is 5.90. The lowest BCUT2D eigenvalue weighted by Crippen LogP contribution is -2.41. The molecule has 0 saturated heterocycles. The number of anilines is 2. The number of benzene rings is 1. The van der Waals surface area contributed by atoms with E-state index in [1.54, 1.807) is 18.3 Å². The quantitative estimate of drug-likeness (QED) is 0.860. The number of ether oxygens (including phenoxy) is 1. The van der Waals surface area contributed by atoms with Crippen LogP contribution in [0, 0.1) is 0 Å². The average Bonchev–Trinajstić information content (AvgIpc) is 2.48. The number of nitrogens with zero attached hydrogens (tertiary/aromatic N) is 1. The molecule has 1 aromatic carbocycles. The second-order valence-corrected chi connectivity index (χ2v) is 4.19. The molecule has 0 fully saturated rings. The highest BCUT2D eigenvalue weighted by Crippen LogP contribution is 2.28. The molecule has 1 aromatic heterocycles. The monoisotopic (exact) mass is 255 g/mol. The van der Waals surface area contributed by atoms with E-state index >= 15 is 0 Å². The lowest BCUT2D eigenvalue weighted by atomic mass is 10.2. The standard InChI is InChI=1S/C14H13N3O2/c18-14(17-13-7-3-4-8-15-13)12-9-16-10-5-1-2-6-11(10)19-12/h1-8,12,16H,9H2,(H,15,17,18). The summed E-state index contributed by atoms with van der Waals surface area (Å²) in [7, 11) is 0. The topological polar surface area (TPSA) is 63.2 Å². The maximum Gasteiger partial charge on any atom is 0.268 e.